The summed E-state index contributed by atoms with van der Waals surface area (Å²) in [6.45, 7) is 0. The normalized spacial score (nSPS) is 12.1. The summed E-state index contributed by atoms with van der Waals surface area (Å²) in [6, 6.07) is 9.48. The molecule has 76 valence electrons. The molecule has 14 heavy (non-hydrogen) atoms. The van der Waals surface area contributed by atoms with Gasteiger partial charge in [-0.15, -0.1) is 0 Å². The standard InChI is InChI=1S/C10H14N2O2/c11-9(6-7-10(13)14)12-8-4-2-1-3-5-8/h1-5,9,12H,6-7,11H2,(H,13,14). The van der Waals surface area contributed by atoms with Crippen molar-refractivity contribution in [1.82, 2.24) is 0 Å². The number of hydrogen-bond acceptors (Lipinski definition) is 3. The van der Waals surface area contributed by atoms with Gasteiger partial charge in [0.2, 0.25) is 0 Å². The van der Waals surface area contributed by atoms with Gasteiger partial charge in [-0.2, -0.15) is 0 Å². The predicted octanol–water partition coefficient (Wildman–Crippen LogP) is 1.25. The third-order valence-electron chi connectivity index (χ3n) is 1.80. The smallest absolute Gasteiger partial charge is 0.303 e. The molecule has 0 heterocycles. The lowest BCUT2D eigenvalue weighted by molar-refractivity contribution is -0.137. The first kappa shape index (κ1) is 10.5. The molecular weight excluding hydrogens is 180 g/mol. The van der Waals surface area contributed by atoms with Crippen molar-refractivity contribution in [3.8, 4) is 0 Å². The van der Waals surface area contributed by atoms with E-state index in [2.05, 4.69) is 5.32 Å². The lowest BCUT2D eigenvalue weighted by atomic mass is 10.2. The van der Waals surface area contributed by atoms with Gasteiger partial charge >= 0.3 is 5.97 Å². The van der Waals surface area contributed by atoms with Gasteiger partial charge in [0.25, 0.3) is 0 Å². The topological polar surface area (TPSA) is 75.4 Å². The molecule has 1 unspecified atom stereocenters. The monoisotopic (exact) mass is 194 g/mol. The number of aliphatic carboxylic acids is 1. The molecule has 0 saturated carbocycles. The molecule has 0 saturated heterocycles. The molecule has 4 nitrogen and oxygen atoms in total. The Bertz CT molecular complexity index is 287. The van der Waals surface area contributed by atoms with Crippen LogP contribution in [-0.2, 0) is 4.79 Å². The minimum Gasteiger partial charge on any atom is -0.481 e. The largest absolute Gasteiger partial charge is 0.481 e. The number of benzene rings is 1. The number of carboxylic acids is 1. The van der Waals surface area contributed by atoms with E-state index in [4.69, 9.17) is 10.8 Å². The van der Waals surface area contributed by atoms with Gasteiger partial charge in [0.15, 0.2) is 0 Å². The molecule has 0 amide bonds. The third kappa shape index (κ3) is 3.91. The highest BCUT2D eigenvalue weighted by Crippen LogP contribution is 2.07. The van der Waals surface area contributed by atoms with Crippen molar-refractivity contribution in [1.29, 1.82) is 0 Å². The van der Waals surface area contributed by atoms with Crippen molar-refractivity contribution >= 4 is 11.7 Å². The Labute approximate surface area is 82.7 Å². The number of para-hydroxylation sites is 1. The molecule has 0 aliphatic heterocycles. The molecule has 4 N–H and O–H groups in total. The van der Waals surface area contributed by atoms with Crippen LogP contribution in [0.15, 0.2) is 30.3 Å². The van der Waals surface area contributed by atoms with Crippen LogP contribution in [-0.4, -0.2) is 17.2 Å². The fourth-order valence-corrected chi connectivity index (χ4v) is 1.10. The SMILES string of the molecule is NC(CCC(=O)O)Nc1ccccc1. The van der Waals surface area contributed by atoms with E-state index >= 15 is 0 Å². The first-order valence-corrected chi connectivity index (χ1v) is 4.47. The maximum absolute atomic E-state index is 10.3. The fourth-order valence-electron chi connectivity index (χ4n) is 1.10. The van der Waals surface area contributed by atoms with Gasteiger partial charge in [-0.3, -0.25) is 4.79 Å². The Morgan fingerprint density at radius 3 is 2.64 bits per heavy atom. The molecule has 1 aromatic carbocycles. The number of carbonyl (C=O) groups is 1. The van der Waals surface area contributed by atoms with Crippen molar-refractivity contribution < 1.29 is 9.90 Å². The maximum Gasteiger partial charge on any atom is 0.303 e. The Kier molecular flexibility index (Phi) is 3.94. The molecule has 1 rings (SSSR count). The van der Waals surface area contributed by atoms with Crippen molar-refractivity contribution in [2.75, 3.05) is 5.32 Å². The average molecular weight is 194 g/mol. The summed E-state index contributed by atoms with van der Waals surface area (Å²) in [6.07, 6.45) is 0.194. The van der Waals surface area contributed by atoms with Crippen LogP contribution < -0.4 is 11.1 Å². The number of nitrogens with one attached hydrogen (secondary N) is 1. The minimum absolute atomic E-state index is 0.0843. The molecule has 0 bridgehead atoms. The highest BCUT2D eigenvalue weighted by atomic mass is 16.4. The van der Waals surface area contributed by atoms with E-state index in [0.29, 0.717) is 6.42 Å². The Morgan fingerprint density at radius 2 is 2.07 bits per heavy atom. The summed E-state index contributed by atoms with van der Waals surface area (Å²) < 4.78 is 0. The number of hydrogen-bond donors (Lipinski definition) is 3. The van der Waals surface area contributed by atoms with Crippen LogP contribution in [0.3, 0.4) is 0 Å². The Balaban J connectivity index is 2.34. The van der Waals surface area contributed by atoms with E-state index in [1.165, 1.54) is 0 Å². The van der Waals surface area contributed by atoms with Gasteiger partial charge in [0.1, 0.15) is 0 Å². The zero-order valence-electron chi connectivity index (χ0n) is 7.81. The van der Waals surface area contributed by atoms with Crippen molar-refractivity contribution in [2.45, 2.75) is 19.0 Å². The minimum atomic E-state index is -0.824. The van der Waals surface area contributed by atoms with Crippen molar-refractivity contribution in [3.05, 3.63) is 30.3 Å². The van der Waals surface area contributed by atoms with Crippen LogP contribution in [0.5, 0.6) is 0 Å². The number of anilines is 1. The van der Waals surface area contributed by atoms with E-state index in [-0.39, 0.29) is 12.6 Å². The quantitative estimate of drug-likeness (QED) is 0.616. The average Bonchev–Trinajstić information content (AvgIpc) is 2.16. The van der Waals surface area contributed by atoms with Crippen LogP contribution in [0, 0.1) is 0 Å². The van der Waals surface area contributed by atoms with Gasteiger partial charge in [0.05, 0.1) is 6.17 Å². The van der Waals surface area contributed by atoms with Gasteiger partial charge in [-0.25, -0.2) is 0 Å². The number of nitrogens with two attached hydrogens (primary N) is 1. The van der Waals surface area contributed by atoms with E-state index in [0.717, 1.165) is 5.69 Å². The summed E-state index contributed by atoms with van der Waals surface area (Å²) >= 11 is 0. The highest BCUT2D eigenvalue weighted by molar-refractivity contribution is 5.66. The van der Waals surface area contributed by atoms with Gasteiger partial charge in [-0.05, 0) is 18.6 Å². The van der Waals surface area contributed by atoms with Crippen LogP contribution in [0.25, 0.3) is 0 Å². The van der Waals surface area contributed by atoms with E-state index in [1.54, 1.807) is 0 Å². The molecule has 0 aromatic heterocycles. The van der Waals surface area contributed by atoms with E-state index < -0.39 is 5.97 Å². The van der Waals surface area contributed by atoms with Crippen LogP contribution in [0.2, 0.25) is 0 Å². The fraction of sp³-hybridized carbons (Fsp3) is 0.300. The van der Waals surface area contributed by atoms with Gasteiger partial charge in [0, 0.05) is 12.1 Å². The van der Waals surface area contributed by atoms with Gasteiger partial charge < -0.3 is 16.2 Å². The second-order valence-corrected chi connectivity index (χ2v) is 3.05. The summed E-state index contributed by atoms with van der Waals surface area (Å²) in [4.78, 5) is 10.3. The Morgan fingerprint density at radius 1 is 1.43 bits per heavy atom. The van der Waals surface area contributed by atoms with E-state index in [1.807, 2.05) is 30.3 Å². The summed E-state index contributed by atoms with van der Waals surface area (Å²) in [5.74, 6) is -0.824. The molecule has 0 aliphatic rings. The molecule has 4 heteroatoms. The lowest BCUT2D eigenvalue weighted by Gasteiger charge is -2.13. The van der Waals surface area contributed by atoms with Crippen LogP contribution >= 0.6 is 0 Å². The summed E-state index contributed by atoms with van der Waals surface area (Å²) in [5, 5.41) is 11.5. The molecule has 0 spiro atoms. The second kappa shape index (κ2) is 5.24. The summed E-state index contributed by atoms with van der Waals surface area (Å²) in [7, 11) is 0. The molecule has 1 aromatic rings. The Hall–Kier alpha value is -1.55. The predicted molar refractivity (Wildman–Crippen MR) is 54.9 cm³/mol. The van der Waals surface area contributed by atoms with Crippen LogP contribution in [0.4, 0.5) is 5.69 Å². The molecule has 1 atom stereocenters. The molecule has 0 aliphatic carbocycles. The highest BCUT2D eigenvalue weighted by Gasteiger charge is 2.04. The first-order valence-electron chi connectivity index (χ1n) is 4.47. The van der Waals surface area contributed by atoms with Gasteiger partial charge in [-0.1, -0.05) is 18.2 Å². The number of carboxylic acid groups (broad SMARTS) is 1. The number of rotatable bonds is 5. The zero-order valence-corrected chi connectivity index (χ0v) is 7.81. The second-order valence-electron chi connectivity index (χ2n) is 3.05. The zero-order chi connectivity index (χ0) is 10.4. The van der Waals surface area contributed by atoms with Crippen molar-refractivity contribution in [2.24, 2.45) is 5.73 Å². The molecular formula is C10H14N2O2. The first-order chi connectivity index (χ1) is 6.68. The van der Waals surface area contributed by atoms with Crippen LogP contribution in [0.1, 0.15) is 12.8 Å². The summed E-state index contributed by atoms with van der Waals surface area (Å²) in [5.41, 5.74) is 6.59. The van der Waals surface area contributed by atoms with Crippen molar-refractivity contribution in [3.63, 3.8) is 0 Å². The molecule has 0 radical (unpaired) electrons. The maximum atomic E-state index is 10.3. The van der Waals surface area contributed by atoms with E-state index in [9.17, 15) is 4.79 Å². The lowest BCUT2D eigenvalue weighted by Crippen LogP contribution is -2.30. The third-order valence-corrected chi connectivity index (χ3v) is 1.80. The molecule has 0 fully saturated rings.